The number of rotatable bonds is 2. The van der Waals surface area contributed by atoms with Crippen molar-refractivity contribution in [2.75, 3.05) is 6.61 Å². The second kappa shape index (κ2) is 5.17. The highest BCUT2D eigenvalue weighted by Gasteiger charge is 2.38. The predicted molar refractivity (Wildman–Crippen MR) is 68.4 cm³/mol. The summed E-state index contributed by atoms with van der Waals surface area (Å²) in [5.41, 5.74) is -1.56. The summed E-state index contributed by atoms with van der Waals surface area (Å²) in [6.07, 6.45) is 0. The van der Waals surface area contributed by atoms with Crippen LogP contribution in [-0.4, -0.2) is 44.0 Å². The van der Waals surface area contributed by atoms with E-state index in [9.17, 15) is 15.2 Å². The summed E-state index contributed by atoms with van der Waals surface area (Å²) >= 11 is 0. The van der Waals surface area contributed by atoms with E-state index in [2.05, 4.69) is 10.1 Å². The standard InChI is InChI=1S/C12H16N4O5/c1-4-20-11(17)8-10(13)16(19)6-5-21-12(2,3)9(15-18)7(6)14-8/h13,18-19H,4-5H2,1-3H3. The molecular weight excluding hydrogens is 280 g/mol. The number of nitrogens with one attached hydrogen (secondary N) is 1. The fourth-order valence-electron chi connectivity index (χ4n) is 2.00. The third-order valence-corrected chi connectivity index (χ3v) is 3.12. The number of esters is 1. The summed E-state index contributed by atoms with van der Waals surface area (Å²) in [5.74, 6) is -0.838. The molecule has 1 aliphatic rings. The summed E-state index contributed by atoms with van der Waals surface area (Å²) in [7, 11) is 0. The predicted octanol–water partition coefficient (Wildman–Crippen LogP) is 0.264. The zero-order valence-corrected chi connectivity index (χ0v) is 11.9. The molecule has 1 aromatic rings. The molecule has 2 rings (SSSR count). The van der Waals surface area contributed by atoms with E-state index in [1.807, 2.05) is 0 Å². The first kappa shape index (κ1) is 15.0. The Kier molecular flexibility index (Phi) is 3.69. The molecule has 0 unspecified atom stereocenters. The van der Waals surface area contributed by atoms with Crippen LogP contribution in [0.25, 0.3) is 0 Å². The number of carbonyl (C=O) groups is 1. The van der Waals surface area contributed by atoms with Crippen LogP contribution in [0.15, 0.2) is 5.16 Å². The number of ether oxygens (including phenoxy) is 2. The van der Waals surface area contributed by atoms with Gasteiger partial charge >= 0.3 is 5.97 Å². The van der Waals surface area contributed by atoms with Gasteiger partial charge in [-0.05, 0) is 20.8 Å². The molecule has 114 valence electrons. The van der Waals surface area contributed by atoms with Crippen LogP contribution in [0.2, 0.25) is 0 Å². The van der Waals surface area contributed by atoms with E-state index in [0.29, 0.717) is 4.73 Å². The van der Waals surface area contributed by atoms with Gasteiger partial charge in [0.25, 0.3) is 0 Å². The lowest BCUT2D eigenvalue weighted by molar-refractivity contribution is -0.00144. The molecule has 0 saturated heterocycles. The van der Waals surface area contributed by atoms with Crippen LogP contribution in [0.5, 0.6) is 0 Å². The number of aromatic nitrogens is 2. The van der Waals surface area contributed by atoms with Gasteiger partial charge in [-0.1, -0.05) is 5.16 Å². The summed E-state index contributed by atoms with van der Waals surface area (Å²) in [6, 6.07) is 0. The molecule has 2 heterocycles. The van der Waals surface area contributed by atoms with E-state index >= 15 is 0 Å². The second-order valence-corrected chi connectivity index (χ2v) is 4.88. The number of oxime groups is 1. The van der Waals surface area contributed by atoms with Gasteiger partial charge in [0.1, 0.15) is 22.7 Å². The van der Waals surface area contributed by atoms with Gasteiger partial charge in [0.2, 0.25) is 0 Å². The first-order valence-electron chi connectivity index (χ1n) is 6.27. The Bertz CT molecular complexity index is 677. The Morgan fingerprint density at radius 3 is 2.86 bits per heavy atom. The Balaban J connectivity index is 2.69. The summed E-state index contributed by atoms with van der Waals surface area (Å²) in [5, 5.41) is 30.1. The van der Waals surface area contributed by atoms with Crippen molar-refractivity contribution in [3.05, 3.63) is 22.6 Å². The Hall–Kier alpha value is -2.42. The van der Waals surface area contributed by atoms with Gasteiger partial charge in [0.15, 0.2) is 11.2 Å². The number of hydrogen-bond acceptors (Lipinski definition) is 8. The number of carbonyl (C=O) groups excluding carboxylic acids is 1. The highest BCUT2D eigenvalue weighted by atomic mass is 16.5. The van der Waals surface area contributed by atoms with Gasteiger partial charge in [-0.25, -0.2) is 9.78 Å². The van der Waals surface area contributed by atoms with Crippen LogP contribution in [0.1, 0.15) is 42.6 Å². The second-order valence-electron chi connectivity index (χ2n) is 4.88. The SMILES string of the molecule is CCOC(=O)c1nc2c(n(O)c1=N)COC(C)(C)C2=NO. The third kappa shape index (κ3) is 2.35. The first-order chi connectivity index (χ1) is 9.83. The Morgan fingerprint density at radius 2 is 2.29 bits per heavy atom. The first-order valence-corrected chi connectivity index (χ1v) is 6.27. The topological polar surface area (TPSA) is 130 Å². The van der Waals surface area contributed by atoms with Gasteiger partial charge in [0.05, 0.1) is 13.2 Å². The van der Waals surface area contributed by atoms with Gasteiger partial charge in [0, 0.05) is 0 Å². The van der Waals surface area contributed by atoms with Crippen LogP contribution in [0, 0.1) is 5.41 Å². The van der Waals surface area contributed by atoms with Crippen molar-refractivity contribution >= 4 is 11.7 Å². The number of fused-ring (bicyclic) bond motifs is 1. The molecule has 9 nitrogen and oxygen atoms in total. The van der Waals surface area contributed by atoms with Crippen molar-refractivity contribution in [3.63, 3.8) is 0 Å². The molecule has 0 amide bonds. The molecule has 0 bridgehead atoms. The highest BCUT2D eigenvalue weighted by molar-refractivity contribution is 6.06. The minimum absolute atomic E-state index is 0.0418. The van der Waals surface area contributed by atoms with Gasteiger partial charge < -0.3 is 19.9 Å². The monoisotopic (exact) mass is 296 g/mol. The largest absolute Gasteiger partial charge is 0.461 e. The lowest BCUT2D eigenvalue weighted by Crippen LogP contribution is -2.45. The molecule has 9 heteroatoms. The molecule has 1 aliphatic heterocycles. The smallest absolute Gasteiger partial charge is 0.360 e. The van der Waals surface area contributed by atoms with Gasteiger partial charge in [-0.15, -0.1) is 0 Å². The zero-order valence-electron chi connectivity index (χ0n) is 11.9. The van der Waals surface area contributed by atoms with Gasteiger partial charge in [-0.3, -0.25) is 5.41 Å². The average Bonchev–Trinajstić information content (AvgIpc) is 2.42. The summed E-state index contributed by atoms with van der Waals surface area (Å²) in [4.78, 5) is 15.8. The molecule has 0 aromatic carbocycles. The van der Waals surface area contributed by atoms with Crippen molar-refractivity contribution < 1.29 is 24.7 Å². The molecule has 0 fully saturated rings. The molecule has 0 atom stereocenters. The van der Waals surface area contributed by atoms with E-state index in [0.717, 1.165) is 0 Å². The molecule has 0 aliphatic carbocycles. The van der Waals surface area contributed by atoms with E-state index in [1.54, 1.807) is 20.8 Å². The van der Waals surface area contributed by atoms with Crippen molar-refractivity contribution in [3.8, 4) is 0 Å². The summed E-state index contributed by atoms with van der Waals surface area (Å²) in [6.45, 7) is 5.00. The number of hydrogen-bond donors (Lipinski definition) is 3. The van der Waals surface area contributed by atoms with Crippen LogP contribution in [0.3, 0.4) is 0 Å². The fraction of sp³-hybridized carbons (Fsp3) is 0.500. The van der Waals surface area contributed by atoms with Gasteiger partial charge in [-0.2, -0.15) is 4.73 Å². The molecule has 21 heavy (non-hydrogen) atoms. The molecule has 1 aromatic heterocycles. The van der Waals surface area contributed by atoms with E-state index in [1.165, 1.54) is 0 Å². The highest BCUT2D eigenvalue weighted by Crippen LogP contribution is 2.26. The van der Waals surface area contributed by atoms with E-state index in [4.69, 9.17) is 14.9 Å². The molecule has 0 saturated carbocycles. The minimum atomic E-state index is -0.947. The molecule has 0 radical (unpaired) electrons. The van der Waals surface area contributed by atoms with Crippen LogP contribution < -0.4 is 5.49 Å². The van der Waals surface area contributed by atoms with Crippen LogP contribution in [-0.2, 0) is 16.1 Å². The summed E-state index contributed by atoms with van der Waals surface area (Å²) < 4.78 is 10.7. The molecular formula is C12H16N4O5. The zero-order chi connectivity index (χ0) is 15.8. The van der Waals surface area contributed by atoms with E-state index < -0.39 is 17.1 Å². The maximum Gasteiger partial charge on any atom is 0.360 e. The lowest BCUT2D eigenvalue weighted by atomic mass is 9.95. The normalized spacial score (nSPS) is 18.3. The quantitative estimate of drug-likeness (QED) is 0.311. The van der Waals surface area contributed by atoms with Crippen molar-refractivity contribution in [2.24, 2.45) is 5.16 Å². The third-order valence-electron chi connectivity index (χ3n) is 3.12. The van der Waals surface area contributed by atoms with Crippen LogP contribution in [0.4, 0.5) is 0 Å². The van der Waals surface area contributed by atoms with Crippen molar-refractivity contribution in [2.45, 2.75) is 33.0 Å². The molecule has 0 spiro atoms. The maximum absolute atomic E-state index is 11.8. The van der Waals surface area contributed by atoms with Crippen LogP contribution >= 0.6 is 0 Å². The lowest BCUT2D eigenvalue weighted by Gasteiger charge is -2.32. The Labute approximate surface area is 119 Å². The maximum atomic E-state index is 11.8. The van der Waals surface area contributed by atoms with Crippen molar-refractivity contribution in [1.82, 2.24) is 9.71 Å². The average molecular weight is 296 g/mol. The van der Waals surface area contributed by atoms with Crippen molar-refractivity contribution in [1.29, 1.82) is 5.41 Å². The fourth-order valence-corrected chi connectivity index (χ4v) is 2.00. The van der Waals surface area contributed by atoms with E-state index in [-0.39, 0.29) is 36.0 Å². The number of nitrogens with zero attached hydrogens (tertiary/aromatic N) is 3. The molecule has 3 N–H and O–H groups in total. The Morgan fingerprint density at radius 1 is 1.62 bits per heavy atom. The minimum Gasteiger partial charge on any atom is -0.461 e.